The number of carbonyl (C=O) groups excluding carboxylic acids is 2. The summed E-state index contributed by atoms with van der Waals surface area (Å²) in [5, 5.41) is 24.3. The van der Waals surface area contributed by atoms with Crippen molar-refractivity contribution in [1.29, 1.82) is 0 Å². The van der Waals surface area contributed by atoms with Crippen molar-refractivity contribution in [2.75, 3.05) is 0 Å². The molecule has 2 amide bonds. The van der Waals surface area contributed by atoms with Crippen LogP contribution < -0.4 is 10.6 Å². The second kappa shape index (κ2) is 10.8. The highest BCUT2D eigenvalue weighted by molar-refractivity contribution is 5.91. The third kappa shape index (κ3) is 7.40. The second-order valence-corrected chi connectivity index (χ2v) is 8.30. The molecule has 0 radical (unpaired) electrons. The van der Waals surface area contributed by atoms with E-state index in [0.717, 1.165) is 37.7 Å². The van der Waals surface area contributed by atoms with Crippen molar-refractivity contribution in [3.8, 4) is 5.75 Å². The van der Waals surface area contributed by atoms with E-state index >= 15 is 0 Å². The standard InChI is InChI=1S/C22H32N2O5/c1-14(2)12-19(22(28)29)24-21(27)18(13-15-8-10-17(25)11-9-15)23-20(26)16-6-4-3-5-7-16/h8-11,14,16,18-19,25H,3-7,12-13H2,1-2H3,(H,23,26)(H,24,27)(H,28,29)/t18-,19-/m0/s1. The van der Waals surface area contributed by atoms with E-state index in [0.29, 0.717) is 6.42 Å². The molecule has 29 heavy (non-hydrogen) atoms. The van der Waals surface area contributed by atoms with Gasteiger partial charge in [-0.15, -0.1) is 0 Å². The van der Waals surface area contributed by atoms with Gasteiger partial charge in [-0.2, -0.15) is 0 Å². The number of aliphatic carboxylic acids is 1. The molecule has 0 bridgehead atoms. The van der Waals surface area contributed by atoms with E-state index in [1.807, 2.05) is 13.8 Å². The van der Waals surface area contributed by atoms with Crippen molar-refractivity contribution >= 4 is 17.8 Å². The SMILES string of the molecule is CC(C)C[C@H](NC(=O)[C@H](Cc1ccc(O)cc1)NC(=O)C1CCCCC1)C(=O)O. The average molecular weight is 405 g/mol. The Kier molecular flexibility index (Phi) is 8.49. The maximum absolute atomic E-state index is 12.9. The predicted molar refractivity (Wildman–Crippen MR) is 109 cm³/mol. The molecule has 0 aliphatic heterocycles. The van der Waals surface area contributed by atoms with E-state index in [4.69, 9.17) is 0 Å². The predicted octanol–water partition coefficient (Wildman–Crippen LogP) is 2.62. The van der Waals surface area contributed by atoms with Crippen LogP contribution in [-0.4, -0.2) is 40.1 Å². The molecule has 0 unspecified atom stereocenters. The largest absolute Gasteiger partial charge is 0.508 e. The van der Waals surface area contributed by atoms with Crippen LogP contribution in [-0.2, 0) is 20.8 Å². The number of nitrogens with one attached hydrogen (secondary N) is 2. The number of amides is 2. The molecule has 0 spiro atoms. The van der Waals surface area contributed by atoms with E-state index in [1.54, 1.807) is 12.1 Å². The first kappa shape index (κ1) is 22.7. The van der Waals surface area contributed by atoms with Gasteiger partial charge >= 0.3 is 5.97 Å². The Hall–Kier alpha value is -2.57. The van der Waals surface area contributed by atoms with Crippen LogP contribution in [0.3, 0.4) is 0 Å². The fourth-order valence-electron chi connectivity index (χ4n) is 3.70. The molecular formula is C22H32N2O5. The van der Waals surface area contributed by atoms with E-state index in [-0.39, 0.29) is 29.9 Å². The maximum atomic E-state index is 12.9. The van der Waals surface area contributed by atoms with Gasteiger partial charge in [-0.1, -0.05) is 45.2 Å². The molecule has 4 N–H and O–H groups in total. The molecule has 160 valence electrons. The Morgan fingerprint density at radius 2 is 1.62 bits per heavy atom. The highest BCUT2D eigenvalue weighted by Crippen LogP contribution is 2.24. The lowest BCUT2D eigenvalue weighted by Crippen LogP contribution is -2.53. The summed E-state index contributed by atoms with van der Waals surface area (Å²) in [6, 6.07) is 4.54. The van der Waals surface area contributed by atoms with Crippen LogP contribution >= 0.6 is 0 Å². The number of benzene rings is 1. The highest BCUT2D eigenvalue weighted by Gasteiger charge is 2.30. The summed E-state index contributed by atoms with van der Waals surface area (Å²) in [5.74, 6) is -1.64. The summed E-state index contributed by atoms with van der Waals surface area (Å²) in [4.78, 5) is 37.1. The first-order valence-electron chi connectivity index (χ1n) is 10.4. The van der Waals surface area contributed by atoms with Crippen LogP contribution in [0.25, 0.3) is 0 Å². The second-order valence-electron chi connectivity index (χ2n) is 8.30. The molecule has 0 saturated heterocycles. The molecule has 0 aromatic heterocycles. The van der Waals surface area contributed by atoms with Crippen molar-refractivity contribution in [2.45, 2.75) is 70.9 Å². The minimum Gasteiger partial charge on any atom is -0.508 e. The minimum absolute atomic E-state index is 0.101. The van der Waals surface area contributed by atoms with Gasteiger partial charge in [-0.25, -0.2) is 4.79 Å². The third-order valence-corrected chi connectivity index (χ3v) is 5.31. The van der Waals surface area contributed by atoms with Gasteiger partial charge in [0, 0.05) is 12.3 Å². The number of rotatable bonds is 9. The van der Waals surface area contributed by atoms with Gasteiger partial charge in [0.2, 0.25) is 11.8 Å². The van der Waals surface area contributed by atoms with Gasteiger partial charge in [0.15, 0.2) is 0 Å². The summed E-state index contributed by atoms with van der Waals surface area (Å²) in [6.07, 6.45) is 5.28. The summed E-state index contributed by atoms with van der Waals surface area (Å²) in [5.41, 5.74) is 0.766. The molecule has 7 nitrogen and oxygen atoms in total. The number of hydrogen-bond donors (Lipinski definition) is 4. The molecule has 7 heteroatoms. The smallest absolute Gasteiger partial charge is 0.326 e. The molecule has 1 aliphatic carbocycles. The lowest BCUT2D eigenvalue weighted by Gasteiger charge is -2.26. The molecule has 1 saturated carbocycles. The maximum Gasteiger partial charge on any atom is 0.326 e. The van der Waals surface area contributed by atoms with Crippen LogP contribution in [0.15, 0.2) is 24.3 Å². The van der Waals surface area contributed by atoms with E-state index in [9.17, 15) is 24.6 Å². The van der Waals surface area contributed by atoms with Crippen LogP contribution in [0.4, 0.5) is 0 Å². The summed E-state index contributed by atoms with van der Waals surface area (Å²) in [7, 11) is 0. The first-order chi connectivity index (χ1) is 13.8. The van der Waals surface area contributed by atoms with E-state index in [1.165, 1.54) is 12.1 Å². The molecule has 1 aliphatic rings. The van der Waals surface area contributed by atoms with Crippen LogP contribution in [0.2, 0.25) is 0 Å². The zero-order valence-corrected chi connectivity index (χ0v) is 17.2. The fraction of sp³-hybridized carbons (Fsp3) is 0.591. The molecule has 1 fully saturated rings. The lowest BCUT2D eigenvalue weighted by molar-refractivity contribution is -0.142. The molecule has 1 aromatic rings. The number of carbonyl (C=O) groups is 3. The molecule has 1 aromatic carbocycles. The number of hydrogen-bond acceptors (Lipinski definition) is 4. The van der Waals surface area contributed by atoms with E-state index in [2.05, 4.69) is 10.6 Å². The summed E-state index contributed by atoms with van der Waals surface area (Å²) >= 11 is 0. The number of phenolic OH excluding ortho intramolecular Hbond substituents is 1. The molecule has 0 heterocycles. The van der Waals surface area contributed by atoms with Crippen molar-refractivity contribution in [2.24, 2.45) is 11.8 Å². The van der Waals surface area contributed by atoms with Crippen molar-refractivity contribution < 1.29 is 24.6 Å². The fourth-order valence-corrected chi connectivity index (χ4v) is 3.70. The highest BCUT2D eigenvalue weighted by atomic mass is 16.4. The zero-order valence-electron chi connectivity index (χ0n) is 17.2. The normalized spacial score (nSPS) is 16.8. The van der Waals surface area contributed by atoms with Gasteiger partial charge in [0.25, 0.3) is 0 Å². The quantitative estimate of drug-likeness (QED) is 0.505. The number of carboxylic acids is 1. The van der Waals surface area contributed by atoms with Gasteiger partial charge in [-0.05, 0) is 42.9 Å². The number of aromatic hydroxyl groups is 1. The van der Waals surface area contributed by atoms with E-state index < -0.39 is 24.0 Å². The summed E-state index contributed by atoms with van der Waals surface area (Å²) < 4.78 is 0. The molecule has 2 rings (SSSR count). The minimum atomic E-state index is -1.09. The molecular weight excluding hydrogens is 372 g/mol. The molecule has 2 atom stereocenters. The van der Waals surface area contributed by atoms with Gasteiger partial charge in [-0.3, -0.25) is 9.59 Å². The lowest BCUT2D eigenvalue weighted by atomic mass is 9.88. The Labute approximate surface area is 171 Å². The first-order valence-corrected chi connectivity index (χ1v) is 10.4. The van der Waals surface area contributed by atoms with Crippen LogP contribution in [0, 0.1) is 11.8 Å². The third-order valence-electron chi connectivity index (χ3n) is 5.31. The monoisotopic (exact) mass is 404 g/mol. The Morgan fingerprint density at radius 1 is 1.00 bits per heavy atom. The van der Waals surface area contributed by atoms with Crippen molar-refractivity contribution in [3.05, 3.63) is 29.8 Å². The number of phenols is 1. The number of carboxylic acid groups (broad SMARTS) is 1. The van der Waals surface area contributed by atoms with Gasteiger partial charge < -0.3 is 20.8 Å². The van der Waals surface area contributed by atoms with Crippen molar-refractivity contribution in [1.82, 2.24) is 10.6 Å². The summed E-state index contributed by atoms with van der Waals surface area (Å²) in [6.45, 7) is 3.78. The Bertz CT molecular complexity index is 696. The van der Waals surface area contributed by atoms with Crippen LogP contribution in [0.5, 0.6) is 5.75 Å². The van der Waals surface area contributed by atoms with Gasteiger partial charge in [0.05, 0.1) is 0 Å². The topological polar surface area (TPSA) is 116 Å². The van der Waals surface area contributed by atoms with Crippen LogP contribution in [0.1, 0.15) is 57.9 Å². The zero-order chi connectivity index (χ0) is 21.4. The Balaban J connectivity index is 2.12. The van der Waals surface area contributed by atoms with Crippen molar-refractivity contribution in [3.63, 3.8) is 0 Å². The average Bonchev–Trinajstić information content (AvgIpc) is 2.68. The van der Waals surface area contributed by atoms with Gasteiger partial charge in [0.1, 0.15) is 17.8 Å². The Morgan fingerprint density at radius 3 is 2.17 bits per heavy atom.